The fourth-order valence-electron chi connectivity index (χ4n) is 1.98. The van der Waals surface area contributed by atoms with Crippen LogP contribution in [-0.2, 0) is 9.59 Å². The molecule has 0 aliphatic carbocycles. The van der Waals surface area contributed by atoms with Gasteiger partial charge in [0.1, 0.15) is 5.57 Å². The average Bonchev–Trinajstić information content (AvgIpc) is 2.66. The third kappa shape index (κ3) is 1.78. The van der Waals surface area contributed by atoms with Crippen LogP contribution in [0.5, 0.6) is 0 Å². The second-order valence-electron chi connectivity index (χ2n) is 4.05. The van der Waals surface area contributed by atoms with Gasteiger partial charge in [0.05, 0.1) is 10.7 Å². The van der Waals surface area contributed by atoms with Crippen molar-refractivity contribution < 1.29 is 14.4 Å². The van der Waals surface area contributed by atoms with E-state index < -0.39 is 17.8 Å². The van der Waals surface area contributed by atoms with E-state index in [1.54, 1.807) is 11.9 Å². The predicted molar refractivity (Wildman–Crippen MR) is 69.4 cm³/mol. The number of fused-ring (bicyclic) bond motifs is 1. The molecule has 2 N–H and O–H groups in total. The maximum atomic E-state index is 11.8. The summed E-state index contributed by atoms with van der Waals surface area (Å²) in [5, 5.41) is 4.67. The third-order valence-electron chi connectivity index (χ3n) is 2.86. The first-order valence-electron chi connectivity index (χ1n) is 5.49. The predicted octanol–water partition coefficient (Wildman–Crippen LogP) is 0.806. The van der Waals surface area contributed by atoms with Crippen LogP contribution in [0, 0.1) is 0 Å². The van der Waals surface area contributed by atoms with E-state index in [9.17, 15) is 14.4 Å². The number of thioether (sulfide) groups is 1. The normalized spacial score (nSPS) is 18.4. The number of barbiturate groups is 1. The van der Waals surface area contributed by atoms with E-state index in [1.807, 2.05) is 24.3 Å². The van der Waals surface area contributed by atoms with Gasteiger partial charge in [0, 0.05) is 11.9 Å². The zero-order chi connectivity index (χ0) is 13.6. The van der Waals surface area contributed by atoms with Crippen molar-refractivity contribution in [3.63, 3.8) is 0 Å². The number of anilines is 1. The third-order valence-corrected chi connectivity index (χ3v) is 4.10. The van der Waals surface area contributed by atoms with Crippen LogP contribution >= 0.6 is 11.8 Å². The van der Waals surface area contributed by atoms with E-state index in [2.05, 4.69) is 10.6 Å². The molecule has 1 aromatic carbocycles. The number of nitrogens with one attached hydrogen (secondary N) is 2. The molecule has 2 aliphatic heterocycles. The van der Waals surface area contributed by atoms with Gasteiger partial charge in [-0.3, -0.25) is 20.2 Å². The molecule has 0 bridgehead atoms. The molecule has 0 radical (unpaired) electrons. The van der Waals surface area contributed by atoms with E-state index in [-0.39, 0.29) is 5.57 Å². The maximum absolute atomic E-state index is 11.8. The number of rotatable bonds is 0. The highest BCUT2D eigenvalue weighted by atomic mass is 32.2. The standard InChI is InChI=1S/C12H9N3O3S/c1-15-6-4-2-3-5-7(6)19-11(15)8-9(16)13-12(18)14-10(8)17/h2-5H,1H3,(H2,13,14,16,17,18). The van der Waals surface area contributed by atoms with Gasteiger partial charge in [0.25, 0.3) is 11.8 Å². The fraction of sp³-hybridized carbons (Fsp3) is 0.0833. The van der Waals surface area contributed by atoms with Crippen LogP contribution in [0.4, 0.5) is 10.5 Å². The minimum absolute atomic E-state index is 0.0386. The van der Waals surface area contributed by atoms with Gasteiger partial charge in [-0.05, 0) is 12.1 Å². The van der Waals surface area contributed by atoms with Gasteiger partial charge in [0.2, 0.25) is 0 Å². The first-order valence-corrected chi connectivity index (χ1v) is 6.31. The van der Waals surface area contributed by atoms with Gasteiger partial charge >= 0.3 is 6.03 Å². The number of carbonyl (C=O) groups excluding carboxylic acids is 3. The van der Waals surface area contributed by atoms with Crippen molar-refractivity contribution in [3.05, 3.63) is 34.9 Å². The number of nitrogens with zero attached hydrogens (tertiary/aromatic N) is 1. The number of carbonyl (C=O) groups is 3. The number of amides is 4. The second kappa shape index (κ2) is 4.13. The summed E-state index contributed by atoms with van der Waals surface area (Å²) in [6.07, 6.45) is 0. The van der Waals surface area contributed by atoms with Crippen LogP contribution in [0.25, 0.3) is 0 Å². The van der Waals surface area contributed by atoms with Crippen molar-refractivity contribution in [1.29, 1.82) is 0 Å². The molecule has 0 aromatic heterocycles. The highest BCUT2D eigenvalue weighted by molar-refractivity contribution is 8.03. The SMILES string of the molecule is CN1C(=C2C(=O)NC(=O)NC2=O)Sc2ccccc21. The Balaban J connectivity index is 2.08. The van der Waals surface area contributed by atoms with Gasteiger partial charge in [0.15, 0.2) is 0 Å². The summed E-state index contributed by atoms with van der Waals surface area (Å²) in [5.74, 6) is -1.34. The number of urea groups is 1. The molecule has 7 heteroatoms. The van der Waals surface area contributed by atoms with Crippen LogP contribution in [0.1, 0.15) is 0 Å². The Morgan fingerprint density at radius 1 is 1.05 bits per heavy atom. The number of benzene rings is 1. The van der Waals surface area contributed by atoms with Gasteiger partial charge in [-0.25, -0.2) is 4.79 Å². The van der Waals surface area contributed by atoms with Crippen molar-refractivity contribution in [2.75, 3.05) is 11.9 Å². The number of hydrogen-bond donors (Lipinski definition) is 2. The van der Waals surface area contributed by atoms with Gasteiger partial charge in [-0.1, -0.05) is 23.9 Å². The number of hydrogen-bond acceptors (Lipinski definition) is 5. The van der Waals surface area contributed by atoms with E-state index >= 15 is 0 Å². The van der Waals surface area contributed by atoms with Crippen molar-refractivity contribution in [1.82, 2.24) is 10.6 Å². The Bertz CT molecular complexity index is 631. The van der Waals surface area contributed by atoms with Crippen LogP contribution in [-0.4, -0.2) is 24.9 Å². The maximum Gasteiger partial charge on any atom is 0.328 e. The first-order chi connectivity index (χ1) is 9.08. The minimum atomic E-state index is -0.789. The molecule has 1 saturated heterocycles. The molecule has 0 spiro atoms. The second-order valence-corrected chi connectivity index (χ2v) is 5.08. The summed E-state index contributed by atoms with van der Waals surface area (Å²) >= 11 is 1.33. The Morgan fingerprint density at radius 3 is 2.32 bits per heavy atom. The van der Waals surface area contributed by atoms with E-state index in [0.29, 0.717) is 5.03 Å². The minimum Gasteiger partial charge on any atom is -0.337 e. The highest BCUT2D eigenvalue weighted by Crippen LogP contribution is 2.46. The Hall–Kier alpha value is -2.28. The van der Waals surface area contributed by atoms with Crippen LogP contribution in [0.15, 0.2) is 39.8 Å². The highest BCUT2D eigenvalue weighted by Gasteiger charge is 2.35. The van der Waals surface area contributed by atoms with Gasteiger partial charge in [-0.2, -0.15) is 0 Å². The topological polar surface area (TPSA) is 78.5 Å². The number of imide groups is 2. The van der Waals surface area contributed by atoms with Crippen LogP contribution < -0.4 is 15.5 Å². The molecule has 0 unspecified atom stereocenters. The fourth-order valence-corrected chi connectivity index (χ4v) is 3.17. The molecule has 6 nitrogen and oxygen atoms in total. The smallest absolute Gasteiger partial charge is 0.328 e. The molecular formula is C12H9N3O3S. The van der Waals surface area contributed by atoms with Gasteiger partial charge < -0.3 is 4.90 Å². The molecule has 3 rings (SSSR count). The number of para-hydroxylation sites is 1. The van der Waals surface area contributed by atoms with E-state index in [1.165, 1.54) is 11.8 Å². The largest absolute Gasteiger partial charge is 0.337 e. The Labute approximate surface area is 112 Å². The molecule has 19 heavy (non-hydrogen) atoms. The Kier molecular flexibility index (Phi) is 2.56. The molecule has 4 amide bonds. The lowest BCUT2D eigenvalue weighted by Crippen LogP contribution is -2.52. The van der Waals surface area contributed by atoms with Crippen molar-refractivity contribution in [3.8, 4) is 0 Å². The first kappa shape index (κ1) is 11.8. The zero-order valence-corrected chi connectivity index (χ0v) is 10.7. The summed E-state index contributed by atoms with van der Waals surface area (Å²) in [7, 11) is 1.78. The van der Waals surface area contributed by atoms with Crippen molar-refractivity contribution in [2.45, 2.75) is 4.90 Å². The summed E-state index contributed by atoms with van der Waals surface area (Å²) < 4.78 is 0. The van der Waals surface area contributed by atoms with E-state index in [0.717, 1.165) is 10.6 Å². The van der Waals surface area contributed by atoms with E-state index in [4.69, 9.17) is 0 Å². The lowest BCUT2D eigenvalue weighted by molar-refractivity contribution is -0.124. The monoisotopic (exact) mass is 275 g/mol. The molecular weight excluding hydrogens is 266 g/mol. The summed E-state index contributed by atoms with van der Waals surface area (Å²) in [6, 6.07) is 6.79. The van der Waals surface area contributed by atoms with Crippen LogP contribution in [0.2, 0.25) is 0 Å². The van der Waals surface area contributed by atoms with Crippen molar-refractivity contribution in [2.24, 2.45) is 0 Å². The lowest BCUT2D eigenvalue weighted by Gasteiger charge is -2.20. The molecule has 0 atom stereocenters. The van der Waals surface area contributed by atoms with Crippen molar-refractivity contribution >= 4 is 35.3 Å². The molecule has 1 aromatic rings. The Morgan fingerprint density at radius 2 is 1.68 bits per heavy atom. The van der Waals surface area contributed by atoms with Crippen LogP contribution in [0.3, 0.4) is 0 Å². The molecule has 96 valence electrons. The quantitative estimate of drug-likeness (QED) is 0.541. The summed E-state index contributed by atoms with van der Waals surface area (Å²) in [4.78, 5) is 37.4. The molecule has 2 heterocycles. The average molecular weight is 275 g/mol. The summed E-state index contributed by atoms with van der Waals surface area (Å²) in [5.41, 5.74) is 0.885. The summed E-state index contributed by atoms with van der Waals surface area (Å²) in [6.45, 7) is 0. The molecule has 0 saturated carbocycles. The molecule has 2 aliphatic rings. The van der Waals surface area contributed by atoms with Gasteiger partial charge in [-0.15, -0.1) is 0 Å². The zero-order valence-electron chi connectivity index (χ0n) is 9.89. The molecule has 1 fully saturated rings. The lowest BCUT2D eigenvalue weighted by atomic mass is 10.2.